The molecular formula is C25H27N3O5. The molecule has 1 N–H and O–H groups in total. The average Bonchev–Trinajstić information content (AvgIpc) is 3.03. The quantitative estimate of drug-likeness (QED) is 0.713. The SMILES string of the molecule is CC(C)(C)OC(=O)N1CCCC(C(=O)Nc2cccc(N3C(=O)c4ccccc4C3=O)c2)C1. The van der Waals surface area contributed by atoms with Gasteiger partial charge < -0.3 is 15.0 Å². The zero-order chi connectivity index (χ0) is 23.8. The molecule has 0 radical (unpaired) electrons. The van der Waals surface area contributed by atoms with E-state index in [9.17, 15) is 19.2 Å². The lowest BCUT2D eigenvalue weighted by Crippen LogP contribution is -2.45. The summed E-state index contributed by atoms with van der Waals surface area (Å²) < 4.78 is 5.43. The largest absolute Gasteiger partial charge is 0.444 e. The number of amides is 4. The van der Waals surface area contributed by atoms with Gasteiger partial charge in [0.1, 0.15) is 5.60 Å². The van der Waals surface area contributed by atoms with Crippen LogP contribution in [0.5, 0.6) is 0 Å². The topological polar surface area (TPSA) is 96.0 Å². The number of ether oxygens (including phenoxy) is 1. The van der Waals surface area contributed by atoms with E-state index in [2.05, 4.69) is 5.32 Å². The highest BCUT2D eigenvalue weighted by Gasteiger charge is 2.36. The first-order chi connectivity index (χ1) is 15.6. The van der Waals surface area contributed by atoms with E-state index in [1.165, 1.54) is 0 Å². The molecule has 0 bridgehead atoms. The molecule has 2 aromatic rings. The summed E-state index contributed by atoms with van der Waals surface area (Å²) in [4.78, 5) is 53.5. The maximum Gasteiger partial charge on any atom is 0.410 e. The van der Waals surface area contributed by atoms with Gasteiger partial charge in [-0.3, -0.25) is 14.4 Å². The molecule has 0 aliphatic carbocycles. The standard InChI is InChI=1S/C25H27N3O5/c1-25(2,3)33-24(32)27-13-7-8-16(15-27)21(29)26-17-9-6-10-18(14-17)28-22(30)19-11-4-5-12-20(19)23(28)31/h4-6,9-12,14,16H,7-8,13,15H2,1-3H3,(H,26,29). The van der Waals surface area contributed by atoms with Crippen molar-refractivity contribution in [3.63, 3.8) is 0 Å². The fraction of sp³-hybridized carbons (Fsp3) is 0.360. The Morgan fingerprint density at radius 3 is 2.30 bits per heavy atom. The second-order valence-electron chi connectivity index (χ2n) is 9.30. The van der Waals surface area contributed by atoms with Crippen LogP contribution in [0.1, 0.15) is 54.3 Å². The normalized spacial score (nSPS) is 18.2. The summed E-state index contributed by atoms with van der Waals surface area (Å²) in [6.45, 7) is 6.24. The molecule has 2 heterocycles. The number of hydrogen-bond acceptors (Lipinski definition) is 5. The zero-order valence-electron chi connectivity index (χ0n) is 19.0. The Balaban J connectivity index is 1.45. The summed E-state index contributed by atoms with van der Waals surface area (Å²) in [5.74, 6) is -1.38. The van der Waals surface area contributed by atoms with E-state index in [0.717, 1.165) is 4.90 Å². The van der Waals surface area contributed by atoms with Gasteiger partial charge in [-0.2, -0.15) is 0 Å². The number of carbonyl (C=O) groups is 4. The number of anilines is 2. The molecule has 2 aliphatic rings. The predicted octanol–water partition coefficient (Wildman–Crippen LogP) is 4.07. The van der Waals surface area contributed by atoms with Crippen molar-refractivity contribution in [2.75, 3.05) is 23.3 Å². The van der Waals surface area contributed by atoms with Gasteiger partial charge in [-0.1, -0.05) is 18.2 Å². The fourth-order valence-corrected chi connectivity index (χ4v) is 4.07. The molecule has 2 aliphatic heterocycles. The van der Waals surface area contributed by atoms with Gasteiger partial charge in [-0.25, -0.2) is 9.69 Å². The molecule has 0 aromatic heterocycles. The molecule has 33 heavy (non-hydrogen) atoms. The second-order valence-corrected chi connectivity index (χ2v) is 9.30. The van der Waals surface area contributed by atoms with Crippen LogP contribution in [0.25, 0.3) is 0 Å². The predicted molar refractivity (Wildman–Crippen MR) is 123 cm³/mol. The van der Waals surface area contributed by atoms with E-state index in [0.29, 0.717) is 41.9 Å². The third kappa shape index (κ3) is 4.74. The van der Waals surface area contributed by atoms with E-state index in [4.69, 9.17) is 4.74 Å². The van der Waals surface area contributed by atoms with Gasteiger partial charge in [0.2, 0.25) is 5.91 Å². The van der Waals surface area contributed by atoms with Crippen molar-refractivity contribution in [1.82, 2.24) is 4.90 Å². The van der Waals surface area contributed by atoms with Gasteiger partial charge in [-0.05, 0) is 63.9 Å². The lowest BCUT2D eigenvalue weighted by Gasteiger charge is -2.33. The van der Waals surface area contributed by atoms with Gasteiger partial charge in [0.25, 0.3) is 11.8 Å². The molecule has 4 rings (SSSR count). The van der Waals surface area contributed by atoms with Gasteiger partial charge in [0, 0.05) is 18.8 Å². The minimum atomic E-state index is -0.600. The van der Waals surface area contributed by atoms with Crippen LogP contribution in [-0.2, 0) is 9.53 Å². The molecule has 1 saturated heterocycles. The molecular weight excluding hydrogens is 422 g/mol. The second kappa shape index (κ2) is 8.69. The molecule has 1 fully saturated rings. The maximum absolute atomic E-state index is 12.9. The fourth-order valence-electron chi connectivity index (χ4n) is 4.07. The zero-order valence-corrected chi connectivity index (χ0v) is 19.0. The van der Waals surface area contributed by atoms with Crippen molar-refractivity contribution < 1.29 is 23.9 Å². The number of rotatable bonds is 3. The Bertz CT molecular complexity index is 1090. The Hall–Kier alpha value is -3.68. The highest BCUT2D eigenvalue weighted by Crippen LogP contribution is 2.30. The number of likely N-dealkylation sites (tertiary alicyclic amines) is 1. The van der Waals surface area contributed by atoms with Crippen LogP contribution in [0.3, 0.4) is 0 Å². The van der Waals surface area contributed by atoms with E-state index < -0.39 is 11.7 Å². The van der Waals surface area contributed by atoms with Crippen LogP contribution < -0.4 is 10.2 Å². The van der Waals surface area contributed by atoms with Gasteiger partial charge in [0.15, 0.2) is 0 Å². The summed E-state index contributed by atoms with van der Waals surface area (Å²) in [6.07, 6.45) is 0.933. The molecule has 4 amide bonds. The van der Waals surface area contributed by atoms with Crippen molar-refractivity contribution in [2.45, 2.75) is 39.2 Å². The molecule has 0 spiro atoms. The number of nitrogens with zero attached hydrogens (tertiary/aromatic N) is 2. The first-order valence-electron chi connectivity index (χ1n) is 11.0. The average molecular weight is 450 g/mol. The number of carbonyl (C=O) groups excluding carboxylic acids is 4. The number of nitrogens with one attached hydrogen (secondary N) is 1. The van der Waals surface area contributed by atoms with E-state index in [1.54, 1.807) is 74.2 Å². The molecule has 0 saturated carbocycles. The summed E-state index contributed by atoms with van der Waals surface area (Å²) in [5.41, 5.74) is 0.987. The van der Waals surface area contributed by atoms with Crippen LogP contribution in [-0.4, -0.2) is 47.4 Å². The van der Waals surface area contributed by atoms with Gasteiger partial charge in [-0.15, -0.1) is 0 Å². The summed E-state index contributed by atoms with van der Waals surface area (Å²) in [6, 6.07) is 13.3. The highest BCUT2D eigenvalue weighted by atomic mass is 16.6. The monoisotopic (exact) mass is 449 g/mol. The molecule has 8 heteroatoms. The molecule has 172 valence electrons. The number of hydrogen-bond donors (Lipinski definition) is 1. The number of imide groups is 1. The van der Waals surface area contributed by atoms with Crippen molar-refractivity contribution in [2.24, 2.45) is 5.92 Å². The van der Waals surface area contributed by atoms with Crippen LogP contribution >= 0.6 is 0 Å². The first-order valence-corrected chi connectivity index (χ1v) is 11.0. The first kappa shape index (κ1) is 22.5. The van der Waals surface area contributed by atoms with Crippen molar-refractivity contribution >= 4 is 35.2 Å². The van der Waals surface area contributed by atoms with Crippen LogP contribution in [0, 0.1) is 5.92 Å². The Labute approximate surface area is 192 Å². The van der Waals surface area contributed by atoms with Crippen LogP contribution in [0.4, 0.5) is 16.2 Å². The van der Waals surface area contributed by atoms with E-state index in [-0.39, 0.29) is 30.2 Å². The van der Waals surface area contributed by atoms with Crippen LogP contribution in [0.15, 0.2) is 48.5 Å². The summed E-state index contributed by atoms with van der Waals surface area (Å²) in [5, 5.41) is 2.87. The Kier molecular flexibility index (Phi) is 5.93. The molecule has 8 nitrogen and oxygen atoms in total. The molecule has 2 aromatic carbocycles. The van der Waals surface area contributed by atoms with Crippen molar-refractivity contribution in [1.29, 1.82) is 0 Å². The molecule has 1 atom stereocenters. The van der Waals surface area contributed by atoms with E-state index in [1.807, 2.05) is 0 Å². The number of benzene rings is 2. The summed E-state index contributed by atoms with van der Waals surface area (Å²) in [7, 11) is 0. The third-order valence-electron chi connectivity index (χ3n) is 5.61. The van der Waals surface area contributed by atoms with Gasteiger partial charge in [0.05, 0.1) is 22.7 Å². The number of fused-ring (bicyclic) bond motifs is 1. The lowest BCUT2D eigenvalue weighted by atomic mass is 9.97. The Morgan fingerprint density at radius 1 is 1.00 bits per heavy atom. The number of piperidine rings is 1. The van der Waals surface area contributed by atoms with Gasteiger partial charge >= 0.3 is 6.09 Å². The third-order valence-corrected chi connectivity index (χ3v) is 5.61. The lowest BCUT2D eigenvalue weighted by molar-refractivity contribution is -0.121. The van der Waals surface area contributed by atoms with Crippen molar-refractivity contribution in [3.05, 3.63) is 59.7 Å². The summed E-state index contributed by atoms with van der Waals surface area (Å²) >= 11 is 0. The smallest absolute Gasteiger partial charge is 0.410 e. The van der Waals surface area contributed by atoms with E-state index >= 15 is 0 Å². The van der Waals surface area contributed by atoms with Crippen molar-refractivity contribution in [3.8, 4) is 0 Å². The maximum atomic E-state index is 12.9. The minimum absolute atomic E-state index is 0.220. The Morgan fingerprint density at radius 2 is 1.67 bits per heavy atom. The highest BCUT2D eigenvalue weighted by molar-refractivity contribution is 6.34. The van der Waals surface area contributed by atoms with Crippen LogP contribution in [0.2, 0.25) is 0 Å². The molecule has 1 unspecified atom stereocenters. The minimum Gasteiger partial charge on any atom is -0.444 e.